The van der Waals surface area contributed by atoms with Gasteiger partial charge in [-0.05, 0) is 36.6 Å². The first-order valence-corrected chi connectivity index (χ1v) is 5.38. The second-order valence-corrected chi connectivity index (χ2v) is 4.43. The van der Waals surface area contributed by atoms with Gasteiger partial charge in [-0.25, -0.2) is 4.39 Å². The number of hydrogen-bond donors (Lipinski definition) is 1. The molecule has 0 saturated carbocycles. The van der Waals surface area contributed by atoms with Gasteiger partial charge >= 0.3 is 0 Å². The Bertz CT molecular complexity index is 387. The van der Waals surface area contributed by atoms with Gasteiger partial charge in [0.2, 0.25) is 0 Å². The molecular formula is C11H11BrFN. The Kier molecular flexibility index (Phi) is 2.70. The summed E-state index contributed by atoms with van der Waals surface area (Å²) in [7, 11) is 0. The Labute approximate surface area is 90.9 Å². The van der Waals surface area contributed by atoms with Crippen LogP contribution >= 0.6 is 15.9 Å². The standard InChI is InChI=1S/C11H11BrFN/c12-8-2-4-11(13)10(6-8)7-1-3-9(14)5-7/h2,4-6,9H,1,3,14H2. The molecule has 74 valence electrons. The van der Waals surface area contributed by atoms with E-state index in [0.717, 1.165) is 22.9 Å². The van der Waals surface area contributed by atoms with Crippen LogP contribution in [0.15, 0.2) is 28.7 Å². The van der Waals surface area contributed by atoms with Gasteiger partial charge in [0.15, 0.2) is 0 Å². The maximum Gasteiger partial charge on any atom is 0.130 e. The lowest BCUT2D eigenvalue weighted by molar-refractivity contribution is 0.623. The van der Waals surface area contributed by atoms with E-state index in [0.29, 0.717) is 5.56 Å². The quantitative estimate of drug-likeness (QED) is 0.820. The molecule has 1 aliphatic carbocycles. The average molecular weight is 256 g/mol. The molecule has 0 aromatic heterocycles. The van der Waals surface area contributed by atoms with Gasteiger partial charge in [-0.1, -0.05) is 22.0 Å². The molecule has 2 N–H and O–H groups in total. The summed E-state index contributed by atoms with van der Waals surface area (Å²) in [6, 6.07) is 5.07. The van der Waals surface area contributed by atoms with Crippen LogP contribution in [0.1, 0.15) is 18.4 Å². The molecule has 1 aliphatic rings. The van der Waals surface area contributed by atoms with Crippen LogP contribution in [-0.4, -0.2) is 6.04 Å². The highest BCUT2D eigenvalue weighted by molar-refractivity contribution is 9.10. The van der Waals surface area contributed by atoms with Gasteiger partial charge in [-0.15, -0.1) is 0 Å². The third-order valence-corrected chi connectivity index (χ3v) is 2.93. The highest BCUT2D eigenvalue weighted by Crippen LogP contribution is 2.30. The summed E-state index contributed by atoms with van der Waals surface area (Å²) in [5, 5.41) is 0. The van der Waals surface area contributed by atoms with Crippen molar-refractivity contribution in [3.05, 3.63) is 40.1 Å². The van der Waals surface area contributed by atoms with Gasteiger partial charge in [-0.2, -0.15) is 0 Å². The second-order valence-electron chi connectivity index (χ2n) is 3.52. The second kappa shape index (κ2) is 3.83. The van der Waals surface area contributed by atoms with E-state index >= 15 is 0 Å². The molecule has 0 heterocycles. The SMILES string of the molecule is NC1C=C(c2cc(Br)ccc2F)CC1. The fourth-order valence-electron chi connectivity index (χ4n) is 1.72. The van der Waals surface area contributed by atoms with Crippen LogP contribution in [-0.2, 0) is 0 Å². The zero-order valence-electron chi connectivity index (χ0n) is 7.63. The van der Waals surface area contributed by atoms with Crippen LogP contribution in [0.5, 0.6) is 0 Å². The molecular weight excluding hydrogens is 245 g/mol. The molecule has 0 amide bonds. The van der Waals surface area contributed by atoms with E-state index in [1.807, 2.05) is 6.08 Å². The van der Waals surface area contributed by atoms with Gasteiger partial charge in [0.05, 0.1) is 0 Å². The molecule has 0 aliphatic heterocycles. The van der Waals surface area contributed by atoms with E-state index in [1.165, 1.54) is 6.07 Å². The summed E-state index contributed by atoms with van der Waals surface area (Å²) in [6.07, 6.45) is 3.74. The number of hydrogen-bond acceptors (Lipinski definition) is 1. The van der Waals surface area contributed by atoms with Crippen molar-refractivity contribution in [2.45, 2.75) is 18.9 Å². The molecule has 2 rings (SSSR count). The summed E-state index contributed by atoms with van der Waals surface area (Å²) in [4.78, 5) is 0. The lowest BCUT2D eigenvalue weighted by Gasteiger charge is -2.04. The van der Waals surface area contributed by atoms with Crippen molar-refractivity contribution in [3.63, 3.8) is 0 Å². The number of benzene rings is 1. The first kappa shape index (κ1) is 9.87. The Balaban J connectivity index is 2.41. The van der Waals surface area contributed by atoms with Gasteiger partial charge in [0.1, 0.15) is 5.82 Å². The fourth-order valence-corrected chi connectivity index (χ4v) is 2.08. The minimum atomic E-state index is -0.173. The predicted molar refractivity (Wildman–Crippen MR) is 59.3 cm³/mol. The van der Waals surface area contributed by atoms with Gasteiger partial charge in [-0.3, -0.25) is 0 Å². The molecule has 0 fully saturated rings. The number of nitrogens with two attached hydrogens (primary N) is 1. The molecule has 1 unspecified atom stereocenters. The van der Waals surface area contributed by atoms with Crippen molar-refractivity contribution in [3.8, 4) is 0 Å². The van der Waals surface area contributed by atoms with Crippen molar-refractivity contribution >= 4 is 21.5 Å². The zero-order chi connectivity index (χ0) is 10.1. The Morgan fingerprint density at radius 3 is 2.86 bits per heavy atom. The number of halogens is 2. The Morgan fingerprint density at radius 2 is 2.21 bits per heavy atom. The highest BCUT2D eigenvalue weighted by Gasteiger charge is 2.16. The topological polar surface area (TPSA) is 26.0 Å². The summed E-state index contributed by atoms with van der Waals surface area (Å²) < 4.78 is 14.3. The lowest BCUT2D eigenvalue weighted by atomic mass is 10.1. The summed E-state index contributed by atoms with van der Waals surface area (Å²) in [6.45, 7) is 0. The molecule has 0 radical (unpaired) electrons. The van der Waals surface area contributed by atoms with E-state index in [-0.39, 0.29) is 11.9 Å². The monoisotopic (exact) mass is 255 g/mol. The maximum absolute atomic E-state index is 13.4. The van der Waals surface area contributed by atoms with Crippen molar-refractivity contribution in [1.29, 1.82) is 0 Å². The fraction of sp³-hybridized carbons (Fsp3) is 0.273. The molecule has 14 heavy (non-hydrogen) atoms. The van der Waals surface area contributed by atoms with Crippen molar-refractivity contribution < 1.29 is 4.39 Å². The first-order valence-electron chi connectivity index (χ1n) is 4.58. The summed E-state index contributed by atoms with van der Waals surface area (Å²) >= 11 is 3.33. The van der Waals surface area contributed by atoms with E-state index in [4.69, 9.17) is 5.73 Å². The van der Waals surface area contributed by atoms with Crippen LogP contribution in [0.3, 0.4) is 0 Å². The van der Waals surface area contributed by atoms with Crippen molar-refractivity contribution in [2.24, 2.45) is 5.73 Å². The molecule has 1 aromatic carbocycles. The third-order valence-electron chi connectivity index (χ3n) is 2.44. The van der Waals surface area contributed by atoms with E-state index in [2.05, 4.69) is 15.9 Å². The smallest absolute Gasteiger partial charge is 0.130 e. The summed E-state index contributed by atoms with van der Waals surface area (Å²) in [5.74, 6) is -0.173. The molecule has 3 heteroatoms. The van der Waals surface area contributed by atoms with Crippen LogP contribution < -0.4 is 5.73 Å². The average Bonchev–Trinajstić information content (AvgIpc) is 2.56. The molecule has 0 saturated heterocycles. The molecule has 1 atom stereocenters. The minimum Gasteiger partial charge on any atom is -0.324 e. The van der Waals surface area contributed by atoms with Gasteiger partial charge < -0.3 is 5.73 Å². The highest BCUT2D eigenvalue weighted by atomic mass is 79.9. The van der Waals surface area contributed by atoms with Crippen LogP contribution in [0.2, 0.25) is 0 Å². The predicted octanol–water partition coefficient (Wildman–Crippen LogP) is 3.09. The minimum absolute atomic E-state index is 0.0865. The van der Waals surface area contributed by atoms with Crippen molar-refractivity contribution in [1.82, 2.24) is 0 Å². The molecule has 0 bridgehead atoms. The Hall–Kier alpha value is -0.670. The maximum atomic E-state index is 13.4. The molecule has 1 nitrogen and oxygen atoms in total. The van der Waals surface area contributed by atoms with Crippen molar-refractivity contribution in [2.75, 3.05) is 0 Å². The lowest BCUT2D eigenvalue weighted by Crippen LogP contribution is -2.11. The van der Waals surface area contributed by atoms with E-state index in [9.17, 15) is 4.39 Å². The third kappa shape index (κ3) is 1.88. The van der Waals surface area contributed by atoms with Gasteiger partial charge in [0.25, 0.3) is 0 Å². The van der Waals surface area contributed by atoms with Gasteiger partial charge in [0, 0.05) is 16.1 Å². The number of rotatable bonds is 1. The van der Waals surface area contributed by atoms with Crippen LogP contribution in [0, 0.1) is 5.82 Å². The molecule has 1 aromatic rings. The molecule has 0 spiro atoms. The zero-order valence-corrected chi connectivity index (χ0v) is 9.22. The van der Waals surface area contributed by atoms with Crippen LogP contribution in [0.25, 0.3) is 5.57 Å². The Morgan fingerprint density at radius 1 is 1.43 bits per heavy atom. The van der Waals surface area contributed by atoms with Crippen LogP contribution in [0.4, 0.5) is 4.39 Å². The first-order chi connectivity index (χ1) is 6.66. The van der Waals surface area contributed by atoms with E-state index in [1.54, 1.807) is 12.1 Å². The summed E-state index contributed by atoms with van der Waals surface area (Å²) in [5.41, 5.74) is 7.44. The number of allylic oxidation sites excluding steroid dienone is 1. The largest absolute Gasteiger partial charge is 0.324 e. The van der Waals surface area contributed by atoms with E-state index < -0.39 is 0 Å². The normalized spacial score (nSPS) is 21.1.